The molecule has 0 N–H and O–H groups in total. The molecule has 0 amide bonds. The average Bonchev–Trinajstić information content (AvgIpc) is 3.68. The van der Waals surface area contributed by atoms with Crippen molar-refractivity contribution in [2.24, 2.45) is 0 Å². The number of hydrogen-bond donors (Lipinski definition) is 0. The molecule has 43 heavy (non-hydrogen) atoms. The first-order valence-corrected chi connectivity index (χ1v) is 13.9. The lowest BCUT2D eigenvalue weighted by Crippen LogP contribution is -2.45. The Morgan fingerprint density at radius 3 is 2.67 bits per heavy atom. The van der Waals surface area contributed by atoms with E-state index in [0.29, 0.717) is 35.6 Å². The number of fused-ring (bicyclic) bond motifs is 7. The Morgan fingerprint density at radius 2 is 1.93 bits per heavy atom. The Labute approximate surface area is 244 Å². The lowest BCUT2D eigenvalue weighted by Gasteiger charge is -2.32. The molecule has 0 saturated carbocycles. The second kappa shape index (κ2) is 11.6. The lowest BCUT2D eigenvalue weighted by atomic mass is 9.95. The van der Waals surface area contributed by atoms with Crippen LogP contribution < -0.4 is 4.90 Å². The maximum atomic E-state index is 15.0. The minimum Gasteiger partial charge on any atom is -0.415 e. The number of allylic oxidation sites excluding steroid dienone is 1. The van der Waals surface area contributed by atoms with Gasteiger partial charge in [0.15, 0.2) is 0 Å². The van der Waals surface area contributed by atoms with Gasteiger partial charge >= 0.3 is 11.9 Å². The van der Waals surface area contributed by atoms with Crippen molar-refractivity contribution in [3.8, 4) is 22.8 Å². The minimum absolute atomic E-state index is 0.0155. The maximum Gasteiger partial charge on any atom is 0.426 e. The fourth-order valence-electron chi connectivity index (χ4n) is 5.58. The number of aromatic nitrogens is 4. The van der Waals surface area contributed by atoms with Gasteiger partial charge < -0.3 is 14.1 Å². The van der Waals surface area contributed by atoms with Crippen molar-refractivity contribution in [1.29, 1.82) is 0 Å². The van der Waals surface area contributed by atoms with E-state index >= 15 is 0 Å². The zero-order valence-electron chi connectivity index (χ0n) is 22.9. The Hall–Kier alpha value is -4.65. The molecule has 222 valence electrons. The van der Waals surface area contributed by atoms with E-state index in [2.05, 4.69) is 25.1 Å². The number of nitro groups is 1. The summed E-state index contributed by atoms with van der Waals surface area (Å²) in [6.45, 7) is 0.266. The summed E-state index contributed by atoms with van der Waals surface area (Å²) in [5.41, 5.74) is -2.36. The van der Waals surface area contributed by atoms with Crippen molar-refractivity contribution in [1.82, 2.24) is 20.2 Å². The largest absolute Gasteiger partial charge is 0.426 e. The van der Waals surface area contributed by atoms with E-state index in [4.69, 9.17) is 9.15 Å². The summed E-state index contributed by atoms with van der Waals surface area (Å²) in [6.07, 6.45) is 1.90. The van der Waals surface area contributed by atoms with Gasteiger partial charge in [-0.25, -0.2) is 4.98 Å². The third-order valence-electron chi connectivity index (χ3n) is 7.77. The Morgan fingerprint density at radius 1 is 1.12 bits per heavy atom. The molecule has 0 radical (unpaired) electrons. The second-order valence-corrected chi connectivity index (χ2v) is 10.4. The maximum absolute atomic E-state index is 15.0. The summed E-state index contributed by atoms with van der Waals surface area (Å²) in [6, 6.07) is 15.0. The number of rotatable bonds is 5. The molecule has 3 aromatic heterocycles. The van der Waals surface area contributed by atoms with Crippen LogP contribution in [0.25, 0.3) is 22.8 Å². The Balaban J connectivity index is 1.54. The van der Waals surface area contributed by atoms with E-state index in [9.17, 15) is 23.3 Å². The van der Waals surface area contributed by atoms with Crippen LogP contribution in [0.2, 0.25) is 0 Å². The van der Waals surface area contributed by atoms with E-state index in [1.807, 2.05) is 6.08 Å². The molecule has 6 rings (SSSR count). The highest BCUT2D eigenvalue weighted by atomic mass is 19.4. The highest BCUT2D eigenvalue weighted by molar-refractivity contribution is 5.81. The van der Waals surface area contributed by atoms with Crippen LogP contribution in [0, 0.1) is 10.1 Å². The Kier molecular flexibility index (Phi) is 7.65. The summed E-state index contributed by atoms with van der Waals surface area (Å²) in [5.74, 6) is -0.938. The molecule has 10 nitrogen and oxygen atoms in total. The van der Waals surface area contributed by atoms with Gasteiger partial charge in [-0.3, -0.25) is 15.1 Å². The van der Waals surface area contributed by atoms with Crippen molar-refractivity contribution >= 4 is 11.5 Å². The molecule has 0 aliphatic carbocycles. The Bertz CT molecular complexity index is 1630. The van der Waals surface area contributed by atoms with E-state index in [1.165, 1.54) is 6.07 Å². The van der Waals surface area contributed by atoms with Crippen molar-refractivity contribution in [3.63, 3.8) is 0 Å². The fourth-order valence-corrected chi connectivity index (χ4v) is 5.58. The van der Waals surface area contributed by atoms with E-state index in [0.717, 1.165) is 12.8 Å². The average molecular weight is 593 g/mol. The molecule has 13 heteroatoms. The number of nitrogens with zero attached hydrogens (tertiary/aromatic N) is 6. The SMILES string of the molecule is O=[N+]([O-])c1cc(-c2ccccn2)c2nc1-c1nnc(o1)C(OCc1ccccc1)(C(F)(F)F)CC/C=C\C[C@@H]1CCCN21. The molecule has 1 aromatic carbocycles. The number of hydrogen-bond acceptors (Lipinski definition) is 9. The molecule has 1 saturated heterocycles. The summed E-state index contributed by atoms with van der Waals surface area (Å²) in [5, 5.41) is 19.9. The van der Waals surface area contributed by atoms with Crippen molar-refractivity contribution in [2.45, 2.75) is 56.5 Å². The van der Waals surface area contributed by atoms with Gasteiger partial charge in [-0.15, -0.1) is 10.2 Å². The van der Waals surface area contributed by atoms with Gasteiger partial charge in [-0.2, -0.15) is 13.2 Å². The van der Waals surface area contributed by atoms with Gasteiger partial charge in [0.2, 0.25) is 11.3 Å². The van der Waals surface area contributed by atoms with Gasteiger partial charge in [0, 0.05) is 30.4 Å². The summed E-state index contributed by atoms with van der Waals surface area (Å²) in [7, 11) is 0. The predicted octanol–water partition coefficient (Wildman–Crippen LogP) is 6.79. The van der Waals surface area contributed by atoms with E-state index < -0.39 is 40.6 Å². The van der Waals surface area contributed by atoms with Crippen LogP contribution in [0.3, 0.4) is 0 Å². The second-order valence-electron chi connectivity index (χ2n) is 10.4. The number of pyridine rings is 2. The van der Waals surface area contributed by atoms with Gasteiger partial charge in [0.05, 0.1) is 17.2 Å². The van der Waals surface area contributed by atoms with Gasteiger partial charge in [-0.05, 0) is 49.8 Å². The smallest absolute Gasteiger partial charge is 0.415 e. The first-order valence-electron chi connectivity index (χ1n) is 13.9. The van der Waals surface area contributed by atoms with Crippen LogP contribution in [-0.4, -0.2) is 43.9 Å². The molecule has 0 spiro atoms. The van der Waals surface area contributed by atoms with Gasteiger partial charge in [0.1, 0.15) is 5.82 Å². The third kappa shape index (κ3) is 5.47. The van der Waals surface area contributed by atoms with E-state index in [1.54, 1.807) is 60.8 Å². The van der Waals surface area contributed by atoms with Crippen LogP contribution in [0.4, 0.5) is 24.7 Å². The number of ether oxygens (including phenoxy) is 1. The first-order chi connectivity index (χ1) is 20.8. The molecular formula is C30H27F3N6O4. The summed E-state index contributed by atoms with van der Waals surface area (Å²) in [4.78, 5) is 22.7. The van der Waals surface area contributed by atoms with Gasteiger partial charge in [0.25, 0.3) is 11.8 Å². The normalized spacial score (nSPS) is 21.2. The highest BCUT2D eigenvalue weighted by Crippen LogP contribution is 2.47. The number of benzene rings is 1. The quantitative estimate of drug-likeness (QED) is 0.140. The van der Waals surface area contributed by atoms with Crippen molar-refractivity contribution in [2.75, 3.05) is 11.4 Å². The predicted molar refractivity (Wildman–Crippen MR) is 150 cm³/mol. The van der Waals surface area contributed by atoms with E-state index in [-0.39, 0.29) is 24.8 Å². The molecule has 5 heterocycles. The van der Waals surface area contributed by atoms with Crippen LogP contribution in [0.1, 0.15) is 43.6 Å². The fraction of sp³-hybridized carbons (Fsp3) is 0.333. The number of halogens is 3. The summed E-state index contributed by atoms with van der Waals surface area (Å²) >= 11 is 0. The van der Waals surface area contributed by atoms with Crippen molar-refractivity contribution < 1.29 is 27.2 Å². The molecule has 1 fully saturated rings. The zero-order chi connectivity index (χ0) is 30.0. The van der Waals surface area contributed by atoms with Crippen molar-refractivity contribution in [3.05, 3.63) is 94.5 Å². The lowest BCUT2D eigenvalue weighted by molar-refractivity contribution is -0.384. The number of alkyl halides is 3. The molecular weight excluding hydrogens is 565 g/mol. The van der Waals surface area contributed by atoms with Crippen LogP contribution in [-0.2, 0) is 16.9 Å². The number of anilines is 1. The molecule has 2 aliphatic heterocycles. The highest BCUT2D eigenvalue weighted by Gasteiger charge is 2.61. The monoisotopic (exact) mass is 592 g/mol. The first kappa shape index (κ1) is 28.5. The third-order valence-corrected chi connectivity index (χ3v) is 7.77. The standard InChI is InChI=1S/C30H27F3N6O4/c31-30(32,33)29(42-19-20-10-3-1-4-11-20)15-7-2-5-12-21-13-9-17-38(21)26-22(23-14-6-8-16-34-23)18-24(39(40)41)25(35-26)27-36-37-28(29)43-27/h1-6,8,10-11,14,16,18,21H,7,9,12-13,15,17,19H2/b5-2-/t21-,29?/m1/s1. The van der Waals surface area contributed by atoms with Gasteiger partial charge in [-0.1, -0.05) is 48.6 Å². The molecule has 1 unspecified atom stereocenters. The molecule has 2 aliphatic rings. The summed E-state index contributed by atoms with van der Waals surface area (Å²) < 4.78 is 56.2. The minimum atomic E-state index is -4.95. The zero-order valence-corrected chi connectivity index (χ0v) is 22.9. The molecule has 4 bridgehead atoms. The van der Waals surface area contributed by atoms with Crippen LogP contribution in [0.15, 0.2) is 77.4 Å². The topological polar surface area (TPSA) is 120 Å². The van der Waals surface area contributed by atoms with Crippen LogP contribution >= 0.6 is 0 Å². The molecule has 2 atom stereocenters. The molecule has 4 aromatic rings. The van der Waals surface area contributed by atoms with Crippen LogP contribution in [0.5, 0.6) is 0 Å².